The first-order valence-corrected chi connectivity index (χ1v) is 20.5. The SMILES string of the molecule is Cc1cc(-c2ncnc3[nH]c(-c4ccc(N5CCN(CC6CCN(c7ccc(N8CCC(=O)N(C)C8=O)cc7)CC6)CC5)cn4)cc23)ccc1C(C)c1noc(C(N)=O)n1. The summed E-state index contributed by atoms with van der Waals surface area (Å²) in [4.78, 5) is 68.0. The van der Waals surface area contributed by atoms with Crippen LogP contribution in [-0.4, -0.2) is 117 Å². The van der Waals surface area contributed by atoms with Crippen molar-refractivity contribution in [2.45, 2.75) is 39.0 Å². The van der Waals surface area contributed by atoms with Crippen LogP contribution in [0.5, 0.6) is 0 Å². The minimum atomic E-state index is -0.752. The smallest absolute Gasteiger partial charge is 0.330 e. The van der Waals surface area contributed by atoms with Crippen LogP contribution in [0.15, 0.2) is 77.7 Å². The maximum absolute atomic E-state index is 12.6. The number of nitrogens with two attached hydrogens (primary N) is 1. The topological polar surface area (TPSA) is 187 Å². The molecule has 3 aliphatic heterocycles. The van der Waals surface area contributed by atoms with Gasteiger partial charge in [-0.15, -0.1) is 0 Å². The normalized spacial score (nSPS) is 17.5. The molecule has 3 saturated heterocycles. The zero-order valence-electron chi connectivity index (χ0n) is 34.0. The predicted octanol–water partition coefficient (Wildman–Crippen LogP) is 5.46. The second kappa shape index (κ2) is 16.2. The molecule has 1 unspecified atom stereocenters. The number of H-pyrrole nitrogens is 1. The molecule has 0 aliphatic carbocycles. The number of fused-ring (bicyclic) bond motifs is 1. The van der Waals surface area contributed by atoms with E-state index in [0.717, 1.165) is 115 Å². The number of aromatic amines is 1. The van der Waals surface area contributed by atoms with Crippen LogP contribution in [0.1, 0.15) is 59.7 Å². The molecule has 3 N–H and O–H groups in total. The van der Waals surface area contributed by atoms with Gasteiger partial charge in [0.1, 0.15) is 12.0 Å². The molecular weight excluding hydrogens is 761 g/mol. The van der Waals surface area contributed by atoms with Gasteiger partial charge in [0.2, 0.25) is 5.91 Å². The van der Waals surface area contributed by atoms with Gasteiger partial charge >= 0.3 is 17.8 Å². The summed E-state index contributed by atoms with van der Waals surface area (Å²) < 4.78 is 5.01. The number of aryl methyl sites for hydroxylation is 1. The molecule has 6 aromatic rings. The molecule has 9 rings (SSSR count). The molecule has 60 heavy (non-hydrogen) atoms. The second-order valence-corrected chi connectivity index (χ2v) is 16.1. The maximum atomic E-state index is 12.6. The number of imide groups is 1. The van der Waals surface area contributed by atoms with E-state index in [9.17, 15) is 14.4 Å². The Morgan fingerprint density at radius 2 is 1.62 bits per heavy atom. The van der Waals surface area contributed by atoms with Gasteiger partial charge in [0, 0.05) is 94.1 Å². The van der Waals surface area contributed by atoms with Gasteiger partial charge in [0.15, 0.2) is 5.82 Å². The zero-order chi connectivity index (χ0) is 41.5. The standard InChI is InChI=1S/C44H48N12O4/c1-27-22-30(4-10-34(27)28(2)41-50-43(40(45)58)60-51-41)39-35-23-37(49-42(35)48-26-47-39)36-11-9-33(24-46-36)55-20-18-53(19-21-55)25-29-12-15-54(16-13-29)31-5-7-32(8-6-31)56-17-14-38(57)52(3)44(56)59/h4-11,22-24,26,28-29H,12-21,25H2,1-3H3,(H2,45,58)(H,47,48,49). The highest BCUT2D eigenvalue weighted by molar-refractivity contribution is 6.05. The third-order valence-corrected chi connectivity index (χ3v) is 12.3. The number of piperidine rings is 1. The Balaban J connectivity index is 0.775. The van der Waals surface area contributed by atoms with E-state index in [0.29, 0.717) is 24.7 Å². The number of nitrogens with one attached hydrogen (secondary N) is 1. The lowest BCUT2D eigenvalue weighted by atomic mass is 9.93. The number of benzene rings is 2. The van der Waals surface area contributed by atoms with Gasteiger partial charge in [-0.1, -0.05) is 24.2 Å². The summed E-state index contributed by atoms with van der Waals surface area (Å²) in [5.74, 6) is -0.226. The van der Waals surface area contributed by atoms with Crippen molar-refractivity contribution in [2.24, 2.45) is 11.7 Å². The Labute approximate surface area is 347 Å². The molecular formula is C44H48N12O4. The number of anilines is 3. The van der Waals surface area contributed by atoms with Gasteiger partial charge < -0.3 is 25.0 Å². The number of amides is 4. The number of rotatable bonds is 10. The first-order chi connectivity index (χ1) is 29.1. The number of hydrogen-bond donors (Lipinski definition) is 2. The van der Waals surface area contributed by atoms with Crippen molar-refractivity contribution in [1.29, 1.82) is 0 Å². The molecule has 0 radical (unpaired) electrons. The number of aromatic nitrogens is 6. The van der Waals surface area contributed by atoms with Gasteiger partial charge in [-0.2, -0.15) is 4.98 Å². The summed E-state index contributed by atoms with van der Waals surface area (Å²) in [6, 6.07) is 20.3. The van der Waals surface area contributed by atoms with Crippen molar-refractivity contribution in [2.75, 3.05) is 74.1 Å². The second-order valence-electron chi connectivity index (χ2n) is 16.1. The zero-order valence-corrected chi connectivity index (χ0v) is 34.0. The lowest BCUT2D eigenvalue weighted by molar-refractivity contribution is -0.127. The van der Waals surface area contributed by atoms with Crippen LogP contribution in [0, 0.1) is 12.8 Å². The number of pyridine rings is 1. The Kier molecular flexibility index (Phi) is 10.5. The first-order valence-electron chi connectivity index (χ1n) is 20.5. The van der Waals surface area contributed by atoms with Gasteiger partial charge in [0.05, 0.1) is 29.0 Å². The van der Waals surface area contributed by atoms with E-state index in [1.165, 1.54) is 10.6 Å². The fourth-order valence-electron chi connectivity index (χ4n) is 8.77. The molecule has 4 amide bonds. The molecule has 0 bridgehead atoms. The van der Waals surface area contributed by atoms with E-state index in [1.807, 2.05) is 44.3 Å². The number of primary amides is 1. The van der Waals surface area contributed by atoms with Crippen LogP contribution >= 0.6 is 0 Å². The lowest BCUT2D eigenvalue weighted by Crippen LogP contribution is -2.50. The fraction of sp³-hybridized carbons (Fsp3) is 0.364. The molecule has 4 aromatic heterocycles. The highest BCUT2D eigenvalue weighted by Gasteiger charge is 2.30. The maximum Gasteiger partial charge on any atom is 0.330 e. The minimum Gasteiger partial charge on any atom is -0.372 e. The van der Waals surface area contributed by atoms with Gasteiger partial charge in [0.25, 0.3) is 0 Å². The average Bonchev–Trinajstić information content (AvgIpc) is 3.95. The van der Waals surface area contributed by atoms with Crippen molar-refractivity contribution in [3.63, 3.8) is 0 Å². The highest BCUT2D eigenvalue weighted by atomic mass is 16.5. The summed E-state index contributed by atoms with van der Waals surface area (Å²) in [5, 5.41) is 4.85. The monoisotopic (exact) mass is 808 g/mol. The average molecular weight is 809 g/mol. The highest BCUT2D eigenvalue weighted by Crippen LogP contribution is 2.34. The number of carbonyl (C=O) groups is 3. The number of carbonyl (C=O) groups excluding carboxylic acids is 3. The van der Waals surface area contributed by atoms with Crippen LogP contribution < -0.4 is 20.4 Å². The van der Waals surface area contributed by atoms with Gasteiger partial charge in [-0.25, -0.2) is 14.8 Å². The number of piperazine rings is 1. The van der Waals surface area contributed by atoms with Crippen molar-refractivity contribution >= 4 is 45.9 Å². The third kappa shape index (κ3) is 7.65. The number of hydrogen-bond acceptors (Lipinski definition) is 12. The Bertz CT molecular complexity index is 2540. The fourth-order valence-corrected chi connectivity index (χ4v) is 8.77. The van der Waals surface area contributed by atoms with E-state index < -0.39 is 5.91 Å². The molecule has 3 aliphatic rings. The van der Waals surface area contributed by atoms with Crippen molar-refractivity contribution in [3.8, 4) is 22.6 Å². The molecule has 16 nitrogen and oxygen atoms in total. The molecule has 16 heteroatoms. The summed E-state index contributed by atoms with van der Waals surface area (Å²) in [7, 11) is 1.54. The van der Waals surface area contributed by atoms with Crippen molar-refractivity contribution in [3.05, 3.63) is 96.0 Å². The first kappa shape index (κ1) is 38.8. The summed E-state index contributed by atoms with van der Waals surface area (Å²) in [6.45, 7) is 11.5. The summed E-state index contributed by atoms with van der Waals surface area (Å²) in [6.07, 6.45) is 6.19. The van der Waals surface area contributed by atoms with E-state index in [1.54, 1.807) is 18.3 Å². The van der Waals surface area contributed by atoms with Crippen LogP contribution in [0.4, 0.5) is 21.9 Å². The minimum absolute atomic E-state index is 0.133. The molecule has 308 valence electrons. The molecule has 3 fully saturated rings. The van der Waals surface area contributed by atoms with E-state index >= 15 is 0 Å². The predicted molar refractivity (Wildman–Crippen MR) is 228 cm³/mol. The molecule has 0 saturated carbocycles. The van der Waals surface area contributed by atoms with Crippen LogP contribution in [0.25, 0.3) is 33.7 Å². The largest absolute Gasteiger partial charge is 0.372 e. The van der Waals surface area contributed by atoms with Crippen LogP contribution in [0.3, 0.4) is 0 Å². The Hall–Kier alpha value is -6.68. The van der Waals surface area contributed by atoms with E-state index in [4.69, 9.17) is 15.2 Å². The summed E-state index contributed by atoms with van der Waals surface area (Å²) >= 11 is 0. The third-order valence-electron chi connectivity index (χ3n) is 12.3. The number of nitrogens with zero attached hydrogens (tertiary/aromatic N) is 10. The molecule has 2 aromatic carbocycles. The van der Waals surface area contributed by atoms with Crippen molar-refractivity contribution in [1.82, 2.24) is 39.9 Å². The van der Waals surface area contributed by atoms with Crippen LogP contribution in [0.2, 0.25) is 0 Å². The van der Waals surface area contributed by atoms with Crippen molar-refractivity contribution < 1.29 is 18.9 Å². The molecule has 0 spiro atoms. The lowest BCUT2D eigenvalue weighted by Gasteiger charge is -2.40. The van der Waals surface area contributed by atoms with Gasteiger partial charge in [-0.05, 0) is 85.3 Å². The molecule has 1 atom stereocenters. The number of urea groups is 1. The van der Waals surface area contributed by atoms with Crippen LogP contribution in [-0.2, 0) is 4.79 Å². The van der Waals surface area contributed by atoms with E-state index in [-0.39, 0.29) is 23.7 Å². The Morgan fingerprint density at radius 1 is 0.883 bits per heavy atom. The van der Waals surface area contributed by atoms with Gasteiger partial charge in [-0.3, -0.25) is 29.3 Å². The Morgan fingerprint density at radius 3 is 2.32 bits per heavy atom. The summed E-state index contributed by atoms with van der Waals surface area (Å²) in [5.41, 5.74) is 14.7. The van der Waals surface area contributed by atoms with E-state index in [2.05, 4.69) is 76.2 Å². The molecule has 7 heterocycles. The quantitative estimate of drug-likeness (QED) is 0.178.